The zero-order valence-electron chi connectivity index (χ0n) is 15.0. The number of aromatic nitrogens is 1. The number of alkyl halides is 3. The molecule has 3 rings (SSSR count). The van der Waals surface area contributed by atoms with Gasteiger partial charge in [0.15, 0.2) is 0 Å². The van der Waals surface area contributed by atoms with Crippen LogP contribution in [0.15, 0.2) is 28.5 Å². The minimum atomic E-state index is -5.65. The van der Waals surface area contributed by atoms with Crippen LogP contribution in [0.25, 0.3) is 0 Å². The summed E-state index contributed by atoms with van der Waals surface area (Å²) in [7, 11) is -5.65. The maximum Gasteiger partial charge on any atom is 0.501 e. The third kappa shape index (κ3) is 4.31. The fourth-order valence-corrected chi connectivity index (χ4v) is 4.77. The summed E-state index contributed by atoms with van der Waals surface area (Å²) in [5.74, 6) is -1.03. The maximum atomic E-state index is 13.5. The second-order valence-corrected chi connectivity index (χ2v) is 9.26. The van der Waals surface area contributed by atoms with E-state index >= 15 is 0 Å². The Labute approximate surface area is 164 Å². The van der Waals surface area contributed by atoms with E-state index in [-0.39, 0.29) is 5.69 Å². The molecule has 1 saturated heterocycles. The van der Waals surface area contributed by atoms with Crippen molar-refractivity contribution < 1.29 is 26.0 Å². The summed E-state index contributed by atoms with van der Waals surface area (Å²) in [6.45, 7) is 4.37. The molecule has 1 aliphatic heterocycles. The normalized spacial score (nSPS) is 16.5. The first-order valence-corrected chi connectivity index (χ1v) is 11.0. The third-order valence-electron chi connectivity index (χ3n) is 4.52. The number of hydrogen-bond acceptors (Lipinski definition) is 6. The molecule has 0 aliphatic carbocycles. The number of benzene rings is 1. The van der Waals surface area contributed by atoms with E-state index in [1.807, 2.05) is 12.3 Å². The van der Waals surface area contributed by atoms with Gasteiger partial charge in [-0.2, -0.15) is 13.2 Å². The molecule has 0 spiro atoms. The Balaban J connectivity index is 1.76. The Kier molecular flexibility index (Phi) is 5.97. The largest absolute Gasteiger partial charge is 0.501 e. The van der Waals surface area contributed by atoms with Gasteiger partial charge in [-0.25, -0.2) is 17.8 Å². The van der Waals surface area contributed by atoms with Gasteiger partial charge in [0.05, 0.1) is 16.4 Å². The summed E-state index contributed by atoms with van der Waals surface area (Å²) < 4.78 is 76.2. The van der Waals surface area contributed by atoms with Crippen molar-refractivity contribution in [3.63, 3.8) is 0 Å². The molecule has 0 saturated carbocycles. The first kappa shape index (κ1) is 21.0. The standard InChI is InChI=1S/C17H19F4N3O2S2/c1-2-16-22-13(11-27-16)10-23-5-7-24(8-6-23)14-4-3-12(18)9-15(14)28(25,26)17(19,20)21/h3-4,9,11H,2,5-8,10H2,1H3. The molecule has 0 N–H and O–H groups in total. The van der Waals surface area contributed by atoms with Crippen molar-refractivity contribution in [2.75, 3.05) is 31.1 Å². The molecule has 5 nitrogen and oxygen atoms in total. The summed E-state index contributed by atoms with van der Waals surface area (Å²) in [4.78, 5) is 7.11. The Morgan fingerprint density at radius 3 is 2.43 bits per heavy atom. The molecule has 11 heteroatoms. The highest BCUT2D eigenvalue weighted by Gasteiger charge is 2.48. The zero-order chi connectivity index (χ0) is 20.5. The predicted molar refractivity (Wildman–Crippen MR) is 98.6 cm³/mol. The molecule has 2 aromatic rings. The summed E-state index contributed by atoms with van der Waals surface area (Å²) in [5, 5.41) is 3.03. The smallest absolute Gasteiger partial charge is 0.368 e. The molecular weight excluding hydrogens is 418 g/mol. The molecule has 0 bridgehead atoms. The predicted octanol–water partition coefficient (Wildman–Crippen LogP) is 3.46. The first-order valence-electron chi connectivity index (χ1n) is 8.63. The second kappa shape index (κ2) is 7.96. The van der Waals surface area contributed by atoms with Crippen molar-refractivity contribution in [3.05, 3.63) is 40.1 Å². The van der Waals surface area contributed by atoms with Crippen LogP contribution in [-0.2, 0) is 22.8 Å². The zero-order valence-corrected chi connectivity index (χ0v) is 16.7. The van der Waals surface area contributed by atoms with Crippen molar-refractivity contribution in [2.45, 2.75) is 30.3 Å². The number of anilines is 1. The molecular formula is C17H19F4N3O2S2. The number of halogens is 4. The molecule has 1 aromatic heterocycles. The van der Waals surface area contributed by atoms with E-state index in [1.165, 1.54) is 0 Å². The molecule has 2 heterocycles. The first-order chi connectivity index (χ1) is 13.1. The van der Waals surface area contributed by atoms with Crippen LogP contribution in [0.3, 0.4) is 0 Å². The Bertz CT molecular complexity index is 936. The number of piperazine rings is 1. The van der Waals surface area contributed by atoms with Gasteiger partial charge in [0.25, 0.3) is 9.84 Å². The van der Waals surface area contributed by atoms with Crippen LogP contribution in [0.2, 0.25) is 0 Å². The lowest BCUT2D eigenvalue weighted by atomic mass is 10.2. The minimum absolute atomic E-state index is 0.125. The monoisotopic (exact) mass is 437 g/mol. The van der Waals surface area contributed by atoms with E-state index in [0.29, 0.717) is 38.8 Å². The molecule has 1 fully saturated rings. The molecule has 28 heavy (non-hydrogen) atoms. The topological polar surface area (TPSA) is 53.5 Å². The van der Waals surface area contributed by atoms with Gasteiger partial charge in [-0.1, -0.05) is 6.92 Å². The lowest BCUT2D eigenvalue weighted by Gasteiger charge is -2.36. The highest BCUT2D eigenvalue weighted by molar-refractivity contribution is 7.92. The molecule has 1 aromatic carbocycles. The van der Waals surface area contributed by atoms with Crippen molar-refractivity contribution >= 4 is 26.9 Å². The fraction of sp³-hybridized carbons (Fsp3) is 0.471. The van der Waals surface area contributed by atoms with Crippen LogP contribution in [0.1, 0.15) is 17.6 Å². The molecule has 0 atom stereocenters. The number of hydrogen-bond donors (Lipinski definition) is 0. The third-order valence-corrected chi connectivity index (χ3v) is 7.07. The van der Waals surface area contributed by atoms with Gasteiger partial charge in [-0.05, 0) is 24.6 Å². The highest BCUT2D eigenvalue weighted by Crippen LogP contribution is 2.36. The van der Waals surface area contributed by atoms with Gasteiger partial charge >= 0.3 is 5.51 Å². The maximum absolute atomic E-state index is 13.5. The Morgan fingerprint density at radius 2 is 1.86 bits per heavy atom. The quantitative estimate of drug-likeness (QED) is 0.671. The number of thiazole rings is 1. The van der Waals surface area contributed by atoms with E-state index in [1.54, 1.807) is 16.2 Å². The molecule has 0 radical (unpaired) electrons. The van der Waals surface area contributed by atoms with E-state index < -0.39 is 26.1 Å². The summed E-state index contributed by atoms with van der Waals surface area (Å²) in [6.07, 6.45) is 0.861. The van der Waals surface area contributed by atoms with E-state index in [2.05, 4.69) is 9.88 Å². The molecule has 0 amide bonds. The van der Waals surface area contributed by atoms with Crippen molar-refractivity contribution in [3.8, 4) is 0 Å². The molecule has 0 unspecified atom stereocenters. The van der Waals surface area contributed by atoms with Gasteiger partial charge in [0.1, 0.15) is 10.7 Å². The van der Waals surface area contributed by atoms with Crippen LogP contribution in [0.5, 0.6) is 0 Å². The Morgan fingerprint density at radius 1 is 1.18 bits per heavy atom. The lowest BCUT2D eigenvalue weighted by molar-refractivity contribution is -0.0435. The summed E-state index contributed by atoms with van der Waals surface area (Å²) in [6, 6.07) is 2.50. The van der Waals surface area contributed by atoms with Crippen LogP contribution >= 0.6 is 11.3 Å². The van der Waals surface area contributed by atoms with E-state index in [0.717, 1.165) is 29.3 Å². The summed E-state index contributed by atoms with van der Waals surface area (Å²) in [5.41, 5.74) is -4.67. The van der Waals surface area contributed by atoms with Crippen molar-refractivity contribution in [1.29, 1.82) is 0 Å². The molecule has 154 valence electrons. The number of nitrogens with zero attached hydrogens (tertiary/aromatic N) is 3. The van der Waals surface area contributed by atoms with Gasteiger partial charge in [0.2, 0.25) is 0 Å². The van der Waals surface area contributed by atoms with Crippen LogP contribution < -0.4 is 4.90 Å². The van der Waals surface area contributed by atoms with Crippen molar-refractivity contribution in [1.82, 2.24) is 9.88 Å². The van der Waals surface area contributed by atoms with Gasteiger partial charge in [-0.3, -0.25) is 4.90 Å². The van der Waals surface area contributed by atoms with Gasteiger partial charge in [-0.15, -0.1) is 11.3 Å². The SMILES string of the molecule is CCc1nc(CN2CCN(c3ccc(F)cc3S(=O)(=O)C(F)(F)F)CC2)cs1. The number of rotatable bonds is 5. The van der Waals surface area contributed by atoms with Gasteiger partial charge < -0.3 is 4.90 Å². The van der Waals surface area contributed by atoms with Gasteiger partial charge in [0, 0.05) is 38.1 Å². The second-order valence-electron chi connectivity index (χ2n) is 6.41. The number of sulfone groups is 1. The lowest BCUT2D eigenvalue weighted by Crippen LogP contribution is -2.46. The average molecular weight is 437 g/mol. The van der Waals surface area contributed by atoms with E-state index in [9.17, 15) is 26.0 Å². The van der Waals surface area contributed by atoms with Crippen molar-refractivity contribution in [2.24, 2.45) is 0 Å². The molecule has 1 aliphatic rings. The van der Waals surface area contributed by atoms with Crippen LogP contribution in [0.4, 0.5) is 23.2 Å². The number of aryl methyl sites for hydroxylation is 1. The van der Waals surface area contributed by atoms with Crippen LogP contribution in [-0.4, -0.2) is 50.0 Å². The highest BCUT2D eigenvalue weighted by atomic mass is 32.2. The summed E-state index contributed by atoms with van der Waals surface area (Å²) >= 11 is 1.59. The fourth-order valence-electron chi connectivity index (χ4n) is 3.05. The van der Waals surface area contributed by atoms with E-state index in [4.69, 9.17) is 0 Å². The Hall–Kier alpha value is -1.72. The average Bonchev–Trinajstić information content (AvgIpc) is 3.09. The minimum Gasteiger partial charge on any atom is -0.368 e. The van der Waals surface area contributed by atoms with Crippen LogP contribution in [0, 0.1) is 5.82 Å².